The number of para-hydroxylation sites is 1. The van der Waals surface area contributed by atoms with Crippen molar-refractivity contribution in [3.05, 3.63) is 173 Å². The quantitative estimate of drug-likeness (QED) is 0.249. The summed E-state index contributed by atoms with van der Waals surface area (Å²) in [6.45, 7) is 4.65. The summed E-state index contributed by atoms with van der Waals surface area (Å²) in [4.78, 5) is 5.49. The molecule has 0 aromatic heterocycles. The summed E-state index contributed by atoms with van der Waals surface area (Å²) >= 11 is 0. The molecule has 2 unspecified atom stereocenters. The van der Waals surface area contributed by atoms with Crippen LogP contribution < -0.4 is 4.90 Å². The van der Waals surface area contributed by atoms with E-state index in [0.29, 0.717) is 0 Å². The molecule has 0 radical (unpaired) electrons. The predicted molar refractivity (Wildman–Crippen MR) is 156 cm³/mol. The lowest BCUT2D eigenvalue weighted by molar-refractivity contribution is 0.116. The third-order valence-electron chi connectivity index (χ3n) is 8.65. The van der Waals surface area contributed by atoms with Crippen LogP contribution in [0.4, 0.5) is 5.69 Å². The highest BCUT2D eigenvalue weighted by Crippen LogP contribution is 2.63. The Morgan fingerprint density at radius 3 is 1.74 bits per heavy atom. The Labute approximate surface area is 225 Å². The SMILES string of the molecule is Cc1ccccc1N1C(c2ccccc2)N2C(c3ccccc3C2(c2ccccc2)c2ccccc2)[C@@H]1C. The number of hydrogen-bond acceptors (Lipinski definition) is 2. The van der Waals surface area contributed by atoms with E-state index in [0.717, 1.165) is 0 Å². The number of benzene rings is 5. The monoisotopic (exact) mass is 492 g/mol. The van der Waals surface area contributed by atoms with Crippen LogP contribution in [0.25, 0.3) is 0 Å². The van der Waals surface area contributed by atoms with Gasteiger partial charge in [-0.15, -0.1) is 0 Å². The summed E-state index contributed by atoms with van der Waals surface area (Å²) in [5, 5.41) is 0. The minimum Gasteiger partial charge on any atom is -0.347 e. The first-order valence-corrected chi connectivity index (χ1v) is 13.6. The van der Waals surface area contributed by atoms with E-state index in [2.05, 4.69) is 163 Å². The summed E-state index contributed by atoms with van der Waals surface area (Å²) in [6.07, 6.45) is 0.0464. The van der Waals surface area contributed by atoms with Crippen LogP contribution in [0.1, 0.15) is 52.5 Å². The van der Waals surface area contributed by atoms with Crippen LogP contribution in [0, 0.1) is 6.92 Å². The fourth-order valence-corrected chi connectivity index (χ4v) is 7.20. The minimum absolute atomic E-state index is 0.0464. The number of rotatable bonds is 4. The Morgan fingerprint density at radius 1 is 0.579 bits per heavy atom. The molecule has 2 aliphatic heterocycles. The highest BCUT2D eigenvalue weighted by molar-refractivity contribution is 5.64. The first-order chi connectivity index (χ1) is 18.7. The van der Waals surface area contributed by atoms with Crippen LogP contribution in [-0.4, -0.2) is 10.9 Å². The van der Waals surface area contributed by atoms with E-state index in [1.807, 2.05) is 0 Å². The van der Waals surface area contributed by atoms with Gasteiger partial charge in [-0.2, -0.15) is 0 Å². The zero-order chi connectivity index (χ0) is 25.7. The smallest absolute Gasteiger partial charge is 0.110 e. The molecule has 0 amide bonds. The average Bonchev–Trinajstić information content (AvgIpc) is 3.45. The molecule has 2 heteroatoms. The lowest BCUT2D eigenvalue weighted by Crippen LogP contribution is -2.46. The fraction of sp³-hybridized carbons (Fsp3) is 0.167. The van der Waals surface area contributed by atoms with Crippen LogP contribution in [0.15, 0.2) is 140 Å². The number of fused-ring (bicyclic) bond motifs is 3. The third-order valence-corrected chi connectivity index (χ3v) is 8.65. The Bertz CT molecular complexity index is 1520. The molecule has 2 aliphatic rings. The maximum atomic E-state index is 2.81. The molecule has 7 rings (SSSR count). The van der Waals surface area contributed by atoms with E-state index in [4.69, 9.17) is 0 Å². The lowest BCUT2D eigenvalue weighted by Gasteiger charge is -2.45. The second-order valence-corrected chi connectivity index (χ2v) is 10.6. The molecule has 0 aliphatic carbocycles. The van der Waals surface area contributed by atoms with Gasteiger partial charge in [0.05, 0.1) is 6.04 Å². The van der Waals surface area contributed by atoms with Crippen molar-refractivity contribution in [2.45, 2.75) is 37.6 Å². The van der Waals surface area contributed by atoms with Gasteiger partial charge in [-0.1, -0.05) is 133 Å². The van der Waals surface area contributed by atoms with Gasteiger partial charge in [0.1, 0.15) is 11.7 Å². The number of anilines is 1. The molecule has 1 saturated heterocycles. The van der Waals surface area contributed by atoms with Gasteiger partial charge < -0.3 is 4.90 Å². The normalized spacial score (nSPS) is 21.7. The highest BCUT2D eigenvalue weighted by Gasteiger charge is 2.62. The molecule has 186 valence electrons. The van der Waals surface area contributed by atoms with E-state index in [-0.39, 0.29) is 18.2 Å². The summed E-state index contributed by atoms with van der Waals surface area (Å²) < 4.78 is 0. The maximum absolute atomic E-state index is 2.81. The largest absolute Gasteiger partial charge is 0.347 e. The molecule has 2 heterocycles. The van der Waals surface area contributed by atoms with E-state index in [9.17, 15) is 0 Å². The molecule has 0 bridgehead atoms. The van der Waals surface area contributed by atoms with Gasteiger partial charge in [0.25, 0.3) is 0 Å². The third kappa shape index (κ3) is 3.17. The highest BCUT2D eigenvalue weighted by atomic mass is 15.5. The average molecular weight is 493 g/mol. The van der Waals surface area contributed by atoms with Crippen molar-refractivity contribution in [3.8, 4) is 0 Å². The number of nitrogens with zero attached hydrogens (tertiary/aromatic N) is 2. The standard InChI is InChI=1S/C36H32N2/c1-26-16-12-15-25-33(26)37-27(2)34-31-23-13-14-24-32(31)36(29-19-8-4-9-20-29,30-21-10-5-11-22-30)38(34)35(37)28-17-6-3-7-18-28/h3-25,27,34-35H,1-2H3/t27-,34?,35?/m0/s1. The molecule has 0 saturated carbocycles. The second kappa shape index (κ2) is 9.01. The van der Waals surface area contributed by atoms with Gasteiger partial charge in [0.2, 0.25) is 0 Å². The van der Waals surface area contributed by atoms with Crippen molar-refractivity contribution in [2.24, 2.45) is 0 Å². The molecule has 38 heavy (non-hydrogen) atoms. The number of hydrogen-bond donors (Lipinski definition) is 0. The van der Waals surface area contributed by atoms with Gasteiger partial charge in [0, 0.05) is 11.7 Å². The number of aryl methyl sites for hydroxylation is 1. The molecule has 0 N–H and O–H groups in total. The molecule has 0 spiro atoms. The van der Waals surface area contributed by atoms with E-state index >= 15 is 0 Å². The lowest BCUT2D eigenvalue weighted by atomic mass is 9.76. The second-order valence-electron chi connectivity index (χ2n) is 10.6. The predicted octanol–water partition coefficient (Wildman–Crippen LogP) is 8.25. The maximum Gasteiger partial charge on any atom is 0.110 e. The van der Waals surface area contributed by atoms with Gasteiger partial charge >= 0.3 is 0 Å². The Kier molecular flexibility index (Phi) is 5.45. The van der Waals surface area contributed by atoms with Crippen LogP contribution in [-0.2, 0) is 5.54 Å². The first-order valence-electron chi connectivity index (χ1n) is 13.6. The molecule has 1 fully saturated rings. The molecule has 3 atom stereocenters. The molecule has 5 aromatic rings. The van der Waals surface area contributed by atoms with Gasteiger partial charge in [-0.3, -0.25) is 4.90 Å². The first kappa shape index (κ1) is 23.0. The summed E-state index contributed by atoms with van der Waals surface area (Å²) in [5.41, 5.74) is 8.91. The zero-order valence-corrected chi connectivity index (χ0v) is 21.9. The van der Waals surface area contributed by atoms with Crippen LogP contribution >= 0.6 is 0 Å². The topological polar surface area (TPSA) is 6.48 Å². The van der Waals surface area contributed by atoms with Crippen LogP contribution in [0.2, 0.25) is 0 Å². The summed E-state index contributed by atoms with van der Waals surface area (Å²) in [5.74, 6) is 0. The summed E-state index contributed by atoms with van der Waals surface area (Å²) in [7, 11) is 0. The van der Waals surface area contributed by atoms with Crippen molar-refractivity contribution in [3.63, 3.8) is 0 Å². The Balaban J connectivity index is 1.60. The van der Waals surface area contributed by atoms with Crippen molar-refractivity contribution >= 4 is 5.69 Å². The van der Waals surface area contributed by atoms with Gasteiger partial charge in [-0.05, 0) is 53.3 Å². The van der Waals surface area contributed by atoms with Gasteiger partial charge in [0.15, 0.2) is 0 Å². The Morgan fingerprint density at radius 2 is 1.11 bits per heavy atom. The van der Waals surface area contributed by atoms with E-state index < -0.39 is 5.54 Å². The molecule has 5 aromatic carbocycles. The summed E-state index contributed by atoms with van der Waals surface area (Å²) in [6, 6.07) is 51.8. The van der Waals surface area contributed by atoms with Crippen molar-refractivity contribution < 1.29 is 0 Å². The van der Waals surface area contributed by atoms with Crippen LogP contribution in [0.3, 0.4) is 0 Å². The Hall–Kier alpha value is -4.14. The molecular formula is C36H32N2. The zero-order valence-electron chi connectivity index (χ0n) is 21.9. The minimum atomic E-state index is -0.435. The fourth-order valence-electron chi connectivity index (χ4n) is 7.20. The van der Waals surface area contributed by atoms with Crippen LogP contribution in [0.5, 0.6) is 0 Å². The van der Waals surface area contributed by atoms with Crippen molar-refractivity contribution in [1.82, 2.24) is 4.90 Å². The van der Waals surface area contributed by atoms with Crippen molar-refractivity contribution in [2.75, 3.05) is 4.90 Å². The van der Waals surface area contributed by atoms with E-state index in [1.165, 1.54) is 39.1 Å². The molecule has 2 nitrogen and oxygen atoms in total. The van der Waals surface area contributed by atoms with E-state index in [1.54, 1.807) is 0 Å². The van der Waals surface area contributed by atoms with Crippen molar-refractivity contribution in [1.29, 1.82) is 0 Å². The van der Waals surface area contributed by atoms with Gasteiger partial charge in [-0.25, -0.2) is 0 Å². The molecular weight excluding hydrogens is 460 g/mol.